The van der Waals surface area contributed by atoms with Crippen molar-refractivity contribution >= 4 is 5.91 Å². The topological polar surface area (TPSA) is 56.4 Å². The van der Waals surface area contributed by atoms with Crippen molar-refractivity contribution in [3.8, 4) is 0 Å². The van der Waals surface area contributed by atoms with Crippen molar-refractivity contribution in [3.05, 3.63) is 70.1 Å². The Morgan fingerprint density at radius 1 is 1.00 bits per heavy atom. The van der Waals surface area contributed by atoms with Gasteiger partial charge in [0.1, 0.15) is 0 Å². The van der Waals surface area contributed by atoms with Gasteiger partial charge in [0.2, 0.25) is 5.56 Å². The molecule has 0 saturated carbocycles. The molecule has 22 heavy (non-hydrogen) atoms. The van der Waals surface area contributed by atoms with Crippen LogP contribution >= 0.6 is 0 Å². The maximum Gasteiger partial charge on any atom is 0.255 e. The number of aromatic amines is 1. The minimum atomic E-state index is -0.191. The van der Waals surface area contributed by atoms with Crippen molar-refractivity contribution < 1.29 is 4.79 Å². The summed E-state index contributed by atoms with van der Waals surface area (Å²) >= 11 is 0. The maximum atomic E-state index is 12.4. The molecule has 5 heteroatoms. The fourth-order valence-electron chi connectivity index (χ4n) is 2.68. The van der Waals surface area contributed by atoms with Crippen LogP contribution in [0.25, 0.3) is 0 Å². The molecule has 2 heterocycles. The van der Waals surface area contributed by atoms with E-state index in [2.05, 4.69) is 22.0 Å². The van der Waals surface area contributed by atoms with E-state index in [4.69, 9.17) is 0 Å². The molecule has 1 saturated heterocycles. The molecular formula is C17H19N3O2. The van der Waals surface area contributed by atoms with E-state index in [0.717, 1.165) is 19.6 Å². The fraction of sp³-hybridized carbons (Fsp3) is 0.294. The monoisotopic (exact) mass is 297 g/mol. The second-order valence-corrected chi connectivity index (χ2v) is 5.50. The molecular weight excluding hydrogens is 278 g/mol. The Kier molecular flexibility index (Phi) is 4.34. The Hall–Kier alpha value is -2.40. The molecule has 1 amide bonds. The number of amides is 1. The third-order valence-electron chi connectivity index (χ3n) is 3.94. The van der Waals surface area contributed by atoms with Crippen molar-refractivity contribution in [3.63, 3.8) is 0 Å². The van der Waals surface area contributed by atoms with Crippen LogP contribution in [0.1, 0.15) is 15.9 Å². The van der Waals surface area contributed by atoms with Gasteiger partial charge in [0, 0.05) is 45.0 Å². The number of pyridine rings is 1. The lowest BCUT2D eigenvalue weighted by atomic mass is 10.2. The van der Waals surface area contributed by atoms with Gasteiger partial charge >= 0.3 is 0 Å². The molecule has 5 nitrogen and oxygen atoms in total. The summed E-state index contributed by atoms with van der Waals surface area (Å²) in [6.45, 7) is 4.07. The van der Waals surface area contributed by atoms with Gasteiger partial charge in [0.25, 0.3) is 5.91 Å². The number of benzene rings is 1. The van der Waals surface area contributed by atoms with Crippen molar-refractivity contribution in [1.82, 2.24) is 14.8 Å². The second-order valence-electron chi connectivity index (χ2n) is 5.50. The number of carbonyl (C=O) groups is 1. The van der Waals surface area contributed by atoms with Crippen molar-refractivity contribution in [2.75, 3.05) is 26.2 Å². The Morgan fingerprint density at radius 2 is 1.73 bits per heavy atom. The van der Waals surface area contributed by atoms with Gasteiger partial charge < -0.3 is 9.88 Å². The smallest absolute Gasteiger partial charge is 0.255 e. The first-order chi connectivity index (χ1) is 10.7. The SMILES string of the molecule is O=C(c1ccc(=O)[nH]c1)N1CCN(Cc2ccccc2)CC1. The van der Waals surface area contributed by atoms with Crippen LogP contribution in [0, 0.1) is 0 Å². The molecule has 1 fully saturated rings. The minimum Gasteiger partial charge on any atom is -0.336 e. The van der Waals surface area contributed by atoms with E-state index in [1.807, 2.05) is 23.1 Å². The highest BCUT2D eigenvalue weighted by Gasteiger charge is 2.22. The van der Waals surface area contributed by atoms with Gasteiger partial charge in [0.05, 0.1) is 5.56 Å². The van der Waals surface area contributed by atoms with Crippen LogP contribution in [0.4, 0.5) is 0 Å². The molecule has 0 atom stereocenters. The molecule has 1 aliphatic heterocycles. The predicted molar refractivity (Wildman–Crippen MR) is 84.7 cm³/mol. The highest BCUT2D eigenvalue weighted by atomic mass is 16.2. The van der Waals surface area contributed by atoms with Crippen LogP contribution in [0.15, 0.2) is 53.5 Å². The number of nitrogens with zero attached hydrogens (tertiary/aromatic N) is 2. The highest BCUT2D eigenvalue weighted by Crippen LogP contribution is 2.10. The van der Waals surface area contributed by atoms with Gasteiger partial charge in [-0.25, -0.2) is 0 Å². The van der Waals surface area contributed by atoms with Gasteiger partial charge in [-0.3, -0.25) is 14.5 Å². The van der Waals surface area contributed by atoms with Crippen LogP contribution in [0.5, 0.6) is 0 Å². The number of piperazine rings is 1. The lowest BCUT2D eigenvalue weighted by Crippen LogP contribution is -2.48. The standard InChI is InChI=1S/C17H19N3O2/c21-16-7-6-15(12-18-16)17(22)20-10-8-19(9-11-20)13-14-4-2-1-3-5-14/h1-7,12H,8-11,13H2,(H,18,21). The number of H-pyrrole nitrogens is 1. The number of rotatable bonds is 3. The number of hydrogen-bond donors (Lipinski definition) is 1. The third kappa shape index (κ3) is 3.43. The van der Waals surface area contributed by atoms with Crippen molar-refractivity contribution in [1.29, 1.82) is 0 Å². The average Bonchev–Trinajstić information content (AvgIpc) is 2.57. The number of nitrogens with one attached hydrogen (secondary N) is 1. The normalized spacial score (nSPS) is 15.7. The van der Waals surface area contributed by atoms with Crippen LogP contribution in [-0.2, 0) is 6.54 Å². The maximum absolute atomic E-state index is 12.4. The fourth-order valence-corrected chi connectivity index (χ4v) is 2.68. The Labute approximate surface area is 129 Å². The molecule has 0 bridgehead atoms. The largest absolute Gasteiger partial charge is 0.336 e. The summed E-state index contributed by atoms with van der Waals surface area (Å²) in [6.07, 6.45) is 1.49. The van der Waals surface area contributed by atoms with Crippen molar-refractivity contribution in [2.24, 2.45) is 0 Å². The zero-order valence-electron chi connectivity index (χ0n) is 12.4. The summed E-state index contributed by atoms with van der Waals surface area (Å²) in [5, 5.41) is 0. The molecule has 0 unspecified atom stereocenters. The Morgan fingerprint density at radius 3 is 2.36 bits per heavy atom. The molecule has 0 aliphatic carbocycles. The van der Waals surface area contributed by atoms with E-state index in [1.165, 1.54) is 17.8 Å². The van der Waals surface area contributed by atoms with Gasteiger partial charge in [-0.15, -0.1) is 0 Å². The van der Waals surface area contributed by atoms with Gasteiger partial charge in [-0.05, 0) is 11.6 Å². The first-order valence-electron chi connectivity index (χ1n) is 7.47. The molecule has 0 spiro atoms. The minimum absolute atomic E-state index is 0.0180. The lowest BCUT2D eigenvalue weighted by molar-refractivity contribution is 0.0628. The molecule has 3 rings (SSSR count). The number of carbonyl (C=O) groups excluding carboxylic acids is 1. The molecule has 2 aromatic rings. The quantitative estimate of drug-likeness (QED) is 0.930. The lowest BCUT2D eigenvalue weighted by Gasteiger charge is -2.34. The Bertz CT molecular complexity index is 668. The summed E-state index contributed by atoms with van der Waals surface area (Å²) in [5.41, 5.74) is 1.64. The van der Waals surface area contributed by atoms with E-state index in [-0.39, 0.29) is 11.5 Å². The van der Waals surface area contributed by atoms with Gasteiger partial charge in [-0.2, -0.15) is 0 Å². The molecule has 1 aliphatic rings. The third-order valence-corrected chi connectivity index (χ3v) is 3.94. The molecule has 1 N–H and O–H groups in total. The highest BCUT2D eigenvalue weighted by molar-refractivity contribution is 5.93. The van der Waals surface area contributed by atoms with E-state index >= 15 is 0 Å². The summed E-state index contributed by atoms with van der Waals surface area (Å²) in [6, 6.07) is 13.3. The summed E-state index contributed by atoms with van der Waals surface area (Å²) < 4.78 is 0. The van der Waals surface area contributed by atoms with Crippen molar-refractivity contribution in [2.45, 2.75) is 6.54 Å². The van der Waals surface area contributed by atoms with Crippen LogP contribution < -0.4 is 5.56 Å². The van der Waals surface area contributed by atoms with Crippen LogP contribution in [0.2, 0.25) is 0 Å². The number of aromatic nitrogens is 1. The van der Waals surface area contributed by atoms with E-state index in [0.29, 0.717) is 18.7 Å². The molecule has 114 valence electrons. The first kappa shape index (κ1) is 14.5. The molecule has 1 aromatic carbocycles. The summed E-state index contributed by atoms with van der Waals surface area (Å²) in [5.74, 6) is -0.0180. The van der Waals surface area contributed by atoms with E-state index in [1.54, 1.807) is 6.07 Å². The first-order valence-corrected chi connectivity index (χ1v) is 7.47. The molecule has 0 radical (unpaired) electrons. The van der Waals surface area contributed by atoms with E-state index < -0.39 is 0 Å². The van der Waals surface area contributed by atoms with E-state index in [9.17, 15) is 9.59 Å². The van der Waals surface area contributed by atoms with Crippen LogP contribution in [0.3, 0.4) is 0 Å². The predicted octanol–water partition coefficient (Wildman–Crippen LogP) is 1.33. The van der Waals surface area contributed by atoms with Gasteiger partial charge in [0.15, 0.2) is 0 Å². The summed E-state index contributed by atoms with van der Waals surface area (Å²) in [7, 11) is 0. The second kappa shape index (κ2) is 6.58. The zero-order valence-corrected chi connectivity index (χ0v) is 12.4. The van der Waals surface area contributed by atoms with Gasteiger partial charge in [-0.1, -0.05) is 30.3 Å². The zero-order chi connectivity index (χ0) is 15.4. The average molecular weight is 297 g/mol. The summed E-state index contributed by atoms with van der Waals surface area (Å²) in [4.78, 5) is 30.2. The molecule has 1 aromatic heterocycles. The number of hydrogen-bond acceptors (Lipinski definition) is 3. The van der Waals surface area contributed by atoms with Crippen LogP contribution in [-0.4, -0.2) is 46.9 Å². The Balaban J connectivity index is 1.56.